The summed E-state index contributed by atoms with van der Waals surface area (Å²) in [7, 11) is -1.89. The van der Waals surface area contributed by atoms with Crippen LogP contribution in [0.15, 0.2) is 53.8 Å². The molecule has 0 N–H and O–H groups in total. The molecule has 1 unspecified atom stereocenters. The van der Waals surface area contributed by atoms with Crippen LogP contribution in [0.4, 0.5) is 0 Å². The number of benzene rings is 1. The van der Waals surface area contributed by atoms with Crippen molar-refractivity contribution >= 4 is 8.32 Å². The molecule has 0 aromatic heterocycles. The molecule has 0 amide bonds. The van der Waals surface area contributed by atoms with E-state index in [1.54, 1.807) is 0 Å². The molecule has 0 saturated heterocycles. The smallest absolute Gasteiger partial charge is 0.258 e. The highest BCUT2D eigenvalue weighted by atomic mass is 28.4. The quantitative estimate of drug-likeness (QED) is 0.483. The summed E-state index contributed by atoms with van der Waals surface area (Å²) in [6.45, 7) is 18.7. The van der Waals surface area contributed by atoms with Crippen LogP contribution in [0.1, 0.15) is 67.4 Å². The molecule has 2 rings (SSSR count). The van der Waals surface area contributed by atoms with Gasteiger partial charge in [0.2, 0.25) is 0 Å². The van der Waals surface area contributed by atoms with Crippen molar-refractivity contribution in [2.24, 2.45) is 0 Å². The number of hydrogen-bond donors (Lipinski definition) is 0. The maximum atomic E-state index is 6.94. The summed E-state index contributed by atoms with van der Waals surface area (Å²) in [6.07, 6.45) is 5.63. The third-order valence-corrected chi connectivity index (χ3v) is 12.1. The Labute approximate surface area is 156 Å². The second-order valence-corrected chi connectivity index (χ2v) is 14.2. The van der Waals surface area contributed by atoms with Gasteiger partial charge in [-0.05, 0) is 47.2 Å². The first-order chi connectivity index (χ1) is 11.6. The highest BCUT2D eigenvalue weighted by molar-refractivity contribution is 6.77. The van der Waals surface area contributed by atoms with E-state index in [-0.39, 0.29) is 5.41 Å². The summed E-state index contributed by atoms with van der Waals surface area (Å²) >= 11 is 0. The van der Waals surface area contributed by atoms with E-state index in [1.165, 1.54) is 11.1 Å². The summed E-state index contributed by atoms with van der Waals surface area (Å²) in [5.74, 6) is 1.14. The van der Waals surface area contributed by atoms with Gasteiger partial charge in [-0.2, -0.15) is 0 Å². The Hall–Kier alpha value is -1.28. The number of rotatable bonds is 6. The van der Waals surface area contributed by atoms with Crippen LogP contribution in [0.3, 0.4) is 0 Å². The van der Waals surface area contributed by atoms with Crippen molar-refractivity contribution in [3.63, 3.8) is 0 Å². The largest absolute Gasteiger partial charge is 0.543 e. The van der Waals surface area contributed by atoms with Crippen LogP contribution in [0.25, 0.3) is 0 Å². The predicted molar refractivity (Wildman–Crippen MR) is 112 cm³/mol. The summed E-state index contributed by atoms with van der Waals surface area (Å²) in [5.41, 5.74) is 4.63. The van der Waals surface area contributed by atoms with Gasteiger partial charge in [-0.1, -0.05) is 84.9 Å². The lowest BCUT2D eigenvalue weighted by atomic mass is 9.74. The molecule has 1 aliphatic carbocycles. The standard InChI is InChI=1S/C23H36OSi/c1-17(2)25(18(3)4,19(5)6)24-22-14-15-23(8,16-20(22)7)21-12-10-9-11-13-21/h9-15,17-19H,16H2,1-8H3. The third-order valence-electron chi connectivity index (χ3n) is 6.08. The van der Waals surface area contributed by atoms with E-state index in [9.17, 15) is 0 Å². The summed E-state index contributed by atoms with van der Waals surface area (Å²) in [4.78, 5) is 0. The maximum absolute atomic E-state index is 6.94. The highest BCUT2D eigenvalue weighted by Gasteiger charge is 2.47. The lowest BCUT2D eigenvalue weighted by Gasteiger charge is -2.44. The molecule has 0 bridgehead atoms. The van der Waals surface area contributed by atoms with Gasteiger partial charge < -0.3 is 4.43 Å². The molecule has 0 saturated carbocycles. The zero-order valence-corrected chi connectivity index (χ0v) is 18.4. The molecule has 2 heteroatoms. The van der Waals surface area contributed by atoms with E-state index in [0.717, 1.165) is 12.2 Å². The molecular formula is C23H36OSi. The summed E-state index contributed by atoms with van der Waals surface area (Å²) < 4.78 is 6.94. The van der Waals surface area contributed by atoms with Crippen LogP contribution in [0, 0.1) is 0 Å². The SMILES string of the molecule is CC1=C(O[Si](C(C)C)(C(C)C)C(C)C)C=CC(C)(c2ccccc2)C1. The van der Waals surface area contributed by atoms with Crippen LogP contribution in [-0.4, -0.2) is 8.32 Å². The van der Waals surface area contributed by atoms with E-state index < -0.39 is 8.32 Å². The van der Waals surface area contributed by atoms with Crippen LogP contribution in [0.5, 0.6) is 0 Å². The Bertz CT molecular complexity index is 618. The van der Waals surface area contributed by atoms with Gasteiger partial charge in [0.25, 0.3) is 8.32 Å². The van der Waals surface area contributed by atoms with Crippen molar-refractivity contribution < 1.29 is 4.43 Å². The lowest BCUT2D eigenvalue weighted by molar-refractivity contribution is 0.370. The fraction of sp³-hybridized carbons (Fsp3) is 0.565. The molecular weight excluding hydrogens is 320 g/mol. The second-order valence-electron chi connectivity index (χ2n) is 8.86. The zero-order chi connectivity index (χ0) is 18.8. The molecule has 1 aliphatic rings. The van der Waals surface area contributed by atoms with E-state index in [0.29, 0.717) is 16.6 Å². The Morgan fingerprint density at radius 2 is 1.44 bits per heavy atom. The van der Waals surface area contributed by atoms with Crippen molar-refractivity contribution in [2.75, 3.05) is 0 Å². The van der Waals surface area contributed by atoms with Gasteiger partial charge >= 0.3 is 0 Å². The van der Waals surface area contributed by atoms with E-state index in [1.807, 2.05) is 0 Å². The minimum atomic E-state index is -1.89. The molecule has 0 fully saturated rings. The normalized spacial score (nSPS) is 21.6. The fourth-order valence-electron chi connectivity index (χ4n) is 4.78. The molecule has 0 spiro atoms. The molecule has 25 heavy (non-hydrogen) atoms. The van der Waals surface area contributed by atoms with Crippen LogP contribution in [0.2, 0.25) is 16.6 Å². The Morgan fingerprint density at radius 1 is 0.920 bits per heavy atom. The third kappa shape index (κ3) is 3.79. The summed E-state index contributed by atoms with van der Waals surface area (Å²) in [6, 6.07) is 10.8. The molecule has 0 radical (unpaired) electrons. The first-order valence-corrected chi connectivity index (χ1v) is 11.9. The molecule has 0 heterocycles. The van der Waals surface area contributed by atoms with Gasteiger partial charge in [-0.3, -0.25) is 0 Å². The minimum Gasteiger partial charge on any atom is -0.543 e. The molecule has 138 valence electrons. The Balaban J connectivity index is 2.33. The Kier molecular flexibility index (Phi) is 6.04. The monoisotopic (exact) mass is 356 g/mol. The number of allylic oxidation sites excluding steroid dienone is 3. The predicted octanol–water partition coefficient (Wildman–Crippen LogP) is 7.37. The minimum absolute atomic E-state index is 0.0654. The van der Waals surface area contributed by atoms with Crippen LogP contribution < -0.4 is 0 Å². The van der Waals surface area contributed by atoms with Crippen molar-refractivity contribution in [3.05, 3.63) is 59.4 Å². The topological polar surface area (TPSA) is 9.23 Å². The van der Waals surface area contributed by atoms with Crippen molar-refractivity contribution in [1.29, 1.82) is 0 Å². The van der Waals surface area contributed by atoms with Gasteiger partial charge in [-0.15, -0.1) is 0 Å². The van der Waals surface area contributed by atoms with Crippen LogP contribution >= 0.6 is 0 Å². The van der Waals surface area contributed by atoms with Gasteiger partial charge in [-0.25, -0.2) is 0 Å². The zero-order valence-electron chi connectivity index (χ0n) is 17.4. The van der Waals surface area contributed by atoms with Gasteiger partial charge in [0.1, 0.15) is 5.76 Å². The second kappa shape index (κ2) is 7.53. The molecule has 1 aromatic rings. The van der Waals surface area contributed by atoms with E-state index in [4.69, 9.17) is 4.43 Å². The molecule has 1 aromatic carbocycles. The first-order valence-electron chi connectivity index (χ1n) is 9.77. The average molecular weight is 357 g/mol. The molecule has 1 atom stereocenters. The van der Waals surface area contributed by atoms with E-state index in [2.05, 4.69) is 97.9 Å². The van der Waals surface area contributed by atoms with E-state index >= 15 is 0 Å². The first kappa shape index (κ1) is 20.0. The number of hydrogen-bond acceptors (Lipinski definition) is 1. The average Bonchev–Trinajstić information content (AvgIpc) is 2.54. The Morgan fingerprint density at radius 3 is 1.88 bits per heavy atom. The van der Waals surface area contributed by atoms with Crippen molar-refractivity contribution in [3.8, 4) is 0 Å². The summed E-state index contributed by atoms with van der Waals surface area (Å²) in [5, 5.41) is 0. The fourth-order valence-corrected chi connectivity index (χ4v) is 10.1. The van der Waals surface area contributed by atoms with Gasteiger partial charge in [0.15, 0.2) is 0 Å². The van der Waals surface area contributed by atoms with Crippen molar-refractivity contribution in [2.45, 2.75) is 83.8 Å². The lowest BCUT2D eigenvalue weighted by Crippen LogP contribution is -2.47. The highest BCUT2D eigenvalue weighted by Crippen LogP contribution is 2.46. The van der Waals surface area contributed by atoms with Crippen LogP contribution in [-0.2, 0) is 9.84 Å². The van der Waals surface area contributed by atoms with Gasteiger partial charge in [0, 0.05) is 5.41 Å². The van der Waals surface area contributed by atoms with Crippen molar-refractivity contribution in [1.82, 2.24) is 0 Å². The molecule has 0 aliphatic heterocycles. The molecule has 1 nitrogen and oxygen atoms in total. The maximum Gasteiger partial charge on any atom is 0.258 e. The van der Waals surface area contributed by atoms with Gasteiger partial charge in [0.05, 0.1) is 0 Å².